The average molecular weight is 746 g/mol. The fourth-order valence-electron chi connectivity index (χ4n) is 8.25. The van der Waals surface area contributed by atoms with E-state index in [1.54, 1.807) is 0 Å². The zero-order valence-corrected chi connectivity index (χ0v) is 31.8. The minimum atomic E-state index is 0.932. The van der Waals surface area contributed by atoms with Gasteiger partial charge in [-0.05, 0) is 93.5 Å². The normalized spacial score (nSPS) is 11.5. The number of benzene rings is 9. The highest BCUT2D eigenvalue weighted by atomic mass is 32.1. The molecule has 0 bridgehead atoms. The van der Waals surface area contributed by atoms with Gasteiger partial charge in [0.15, 0.2) is 0 Å². The molecule has 0 unspecified atom stereocenters. The molecule has 2 aromatic heterocycles. The monoisotopic (exact) mass is 745 g/mol. The number of rotatable bonds is 7. The summed E-state index contributed by atoms with van der Waals surface area (Å²) >= 11 is 1.82. The maximum absolute atomic E-state index is 6.80. The van der Waals surface area contributed by atoms with Crippen molar-refractivity contribution in [1.82, 2.24) is 0 Å². The van der Waals surface area contributed by atoms with Crippen molar-refractivity contribution in [2.24, 2.45) is 0 Å². The third-order valence-electron chi connectivity index (χ3n) is 11.1. The van der Waals surface area contributed by atoms with Gasteiger partial charge in [-0.25, -0.2) is 0 Å². The Hall–Kier alpha value is -7.20. The van der Waals surface area contributed by atoms with E-state index in [1.165, 1.54) is 48.0 Å². The summed E-state index contributed by atoms with van der Waals surface area (Å²) < 4.78 is 9.34. The molecule has 0 N–H and O–H groups in total. The first-order chi connectivity index (χ1) is 28.2. The largest absolute Gasteiger partial charge is 0.455 e. The molecule has 11 aromatic rings. The maximum Gasteiger partial charge on any atom is 0.144 e. The third-order valence-corrected chi connectivity index (χ3v) is 12.3. The summed E-state index contributed by atoms with van der Waals surface area (Å²) in [6.45, 7) is 0. The summed E-state index contributed by atoms with van der Waals surface area (Å²) in [6, 6.07) is 76.2. The van der Waals surface area contributed by atoms with Gasteiger partial charge in [-0.3, -0.25) is 0 Å². The van der Waals surface area contributed by atoms with Gasteiger partial charge in [0.25, 0.3) is 0 Å². The summed E-state index contributed by atoms with van der Waals surface area (Å²) in [7, 11) is 0. The average Bonchev–Trinajstić information content (AvgIpc) is 3.87. The van der Waals surface area contributed by atoms with Crippen molar-refractivity contribution in [3.05, 3.63) is 212 Å². The van der Waals surface area contributed by atoms with Crippen LogP contribution < -0.4 is 4.90 Å². The Morgan fingerprint density at radius 2 is 0.737 bits per heavy atom. The molecule has 2 nitrogen and oxygen atoms in total. The van der Waals surface area contributed by atoms with Crippen LogP contribution in [0.3, 0.4) is 0 Å². The standard InChI is InChI=1S/C54H35NOS/c1-3-10-36(11-4-1)39-22-28-43(29-23-39)55(44-30-24-40(25-31-44)37-12-5-2-6-13-37)45-32-26-41(27-33-45)38-18-20-42(21-19-38)46-15-9-16-47-48-34-35-51-52(54(48)56-53(46)47)49-14-7-8-17-50(49)57-51/h1-35H. The lowest BCUT2D eigenvalue weighted by Gasteiger charge is -2.26. The van der Waals surface area contributed by atoms with Crippen LogP contribution in [-0.4, -0.2) is 0 Å². The zero-order valence-electron chi connectivity index (χ0n) is 31.0. The van der Waals surface area contributed by atoms with Crippen LogP contribution in [0.25, 0.3) is 86.6 Å². The second kappa shape index (κ2) is 13.8. The Morgan fingerprint density at radius 3 is 1.30 bits per heavy atom. The van der Waals surface area contributed by atoms with Crippen LogP contribution in [0.4, 0.5) is 17.1 Å². The summed E-state index contributed by atoms with van der Waals surface area (Å²) in [6.07, 6.45) is 0. The van der Waals surface area contributed by atoms with Crippen molar-refractivity contribution < 1.29 is 4.42 Å². The van der Waals surface area contributed by atoms with Crippen molar-refractivity contribution in [2.75, 3.05) is 4.90 Å². The lowest BCUT2D eigenvalue weighted by molar-refractivity contribution is 0.674. The summed E-state index contributed by atoms with van der Waals surface area (Å²) in [4.78, 5) is 2.33. The highest BCUT2D eigenvalue weighted by molar-refractivity contribution is 7.26. The molecule has 11 rings (SSSR count). The topological polar surface area (TPSA) is 16.4 Å². The molecule has 2 heterocycles. The predicted molar refractivity (Wildman–Crippen MR) is 243 cm³/mol. The molecular formula is C54H35NOS. The van der Waals surface area contributed by atoms with Crippen molar-refractivity contribution in [2.45, 2.75) is 0 Å². The van der Waals surface area contributed by atoms with Crippen LogP contribution in [0, 0.1) is 0 Å². The van der Waals surface area contributed by atoms with Gasteiger partial charge in [0, 0.05) is 53.6 Å². The highest BCUT2D eigenvalue weighted by Crippen LogP contribution is 2.44. The Bertz CT molecular complexity index is 3100. The van der Waals surface area contributed by atoms with Crippen LogP contribution in [0.1, 0.15) is 0 Å². The van der Waals surface area contributed by atoms with Gasteiger partial charge >= 0.3 is 0 Å². The molecule has 57 heavy (non-hydrogen) atoms. The van der Waals surface area contributed by atoms with E-state index in [4.69, 9.17) is 4.42 Å². The summed E-state index contributed by atoms with van der Waals surface area (Å²) in [5.74, 6) is 0. The van der Waals surface area contributed by atoms with E-state index in [-0.39, 0.29) is 0 Å². The van der Waals surface area contributed by atoms with Crippen LogP contribution in [-0.2, 0) is 0 Å². The summed E-state index contributed by atoms with van der Waals surface area (Å²) in [5, 5.41) is 4.77. The molecule has 9 aromatic carbocycles. The minimum absolute atomic E-state index is 0.932. The molecule has 0 aliphatic rings. The van der Waals surface area contributed by atoms with E-state index in [0.29, 0.717) is 0 Å². The van der Waals surface area contributed by atoms with Crippen LogP contribution >= 0.6 is 11.3 Å². The minimum Gasteiger partial charge on any atom is -0.455 e. The number of hydrogen-bond acceptors (Lipinski definition) is 3. The van der Waals surface area contributed by atoms with Crippen LogP contribution in [0.2, 0.25) is 0 Å². The van der Waals surface area contributed by atoms with Crippen molar-refractivity contribution in [3.63, 3.8) is 0 Å². The maximum atomic E-state index is 6.80. The Kier molecular flexibility index (Phi) is 8.04. The van der Waals surface area contributed by atoms with E-state index in [9.17, 15) is 0 Å². The van der Waals surface area contributed by atoms with Gasteiger partial charge in [-0.15, -0.1) is 11.3 Å². The van der Waals surface area contributed by atoms with Gasteiger partial charge in [0.05, 0.1) is 0 Å². The molecule has 268 valence electrons. The first-order valence-electron chi connectivity index (χ1n) is 19.3. The molecule has 0 fully saturated rings. The highest BCUT2D eigenvalue weighted by Gasteiger charge is 2.18. The van der Waals surface area contributed by atoms with E-state index >= 15 is 0 Å². The molecular weight excluding hydrogens is 711 g/mol. The Labute approximate surface area is 335 Å². The number of fused-ring (bicyclic) bond motifs is 7. The number of hydrogen-bond donors (Lipinski definition) is 0. The lowest BCUT2D eigenvalue weighted by Crippen LogP contribution is -2.09. The van der Waals surface area contributed by atoms with Crippen molar-refractivity contribution in [3.8, 4) is 44.5 Å². The van der Waals surface area contributed by atoms with Crippen LogP contribution in [0.15, 0.2) is 217 Å². The van der Waals surface area contributed by atoms with Gasteiger partial charge in [-0.2, -0.15) is 0 Å². The molecule has 0 spiro atoms. The number of para-hydroxylation sites is 1. The van der Waals surface area contributed by atoms with Crippen molar-refractivity contribution in [1.29, 1.82) is 0 Å². The molecule has 0 aliphatic heterocycles. The van der Waals surface area contributed by atoms with Crippen LogP contribution in [0.5, 0.6) is 0 Å². The molecule has 3 heteroatoms. The van der Waals surface area contributed by atoms with Crippen molar-refractivity contribution >= 4 is 70.5 Å². The molecule has 0 saturated carbocycles. The quantitative estimate of drug-likeness (QED) is 0.162. The second-order valence-corrected chi connectivity index (χ2v) is 15.6. The first kappa shape index (κ1) is 33.2. The van der Waals surface area contributed by atoms with E-state index < -0.39 is 0 Å². The second-order valence-electron chi connectivity index (χ2n) is 14.5. The molecule has 0 radical (unpaired) electrons. The fourth-order valence-corrected chi connectivity index (χ4v) is 9.36. The molecule has 0 saturated heterocycles. The number of furan rings is 1. The molecule has 0 atom stereocenters. The SMILES string of the molecule is c1ccc(-c2ccc(N(c3ccc(-c4ccccc4)cc3)c3ccc(-c4ccc(-c5cccc6c5oc5c6ccc6sc7ccccc7c65)cc4)cc3)cc2)cc1. The fraction of sp³-hybridized carbons (Fsp3) is 0. The molecule has 0 aliphatic carbocycles. The predicted octanol–water partition coefficient (Wildman–Crippen LogP) is 16.1. The summed E-state index contributed by atoms with van der Waals surface area (Å²) in [5.41, 5.74) is 14.6. The van der Waals surface area contributed by atoms with E-state index in [2.05, 4.69) is 217 Å². The number of anilines is 3. The first-order valence-corrected chi connectivity index (χ1v) is 20.1. The molecule has 0 amide bonds. The Balaban J connectivity index is 0.925. The number of thiophene rings is 1. The van der Waals surface area contributed by atoms with Gasteiger partial charge in [0.1, 0.15) is 11.2 Å². The van der Waals surface area contributed by atoms with E-state index in [0.717, 1.165) is 55.7 Å². The smallest absolute Gasteiger partial charge is 0.144 e. The van der Waals surface area contributed by atoms with Gasteiger partial charge < -0.3 is 9.32 Å². The zero-order chi connectivity index (χ0) is 37.7. The number of nitrogens with zero attached hydrogens (tertiary/aromatic N) is 1. The third kappa shape index (κ3) is 5.88. The lowest BCUT2D eigenvalue weighted by atomic mass is 9.98. The van der Waals surface area contributed by atoms with E-state index in [1.807, 2.05) is 11.3 Å². The Morgan fingerprint density at radius 1 is 0.298 bits per heavy atom. The van der Waals surface area contributed by atoms with Gasteiger partial charge in [-0.1, -0.05) is 158 Å². The van der Waals surface area contributed by atoms with Gasteiger partial charge in [0.2, 0.25) is 0 Å².